The number of rotatable bonds is 5. The van der Waals surface area contributed by atoms with E-state index in [-0.39, 0.29) is 0 Å². The lowest BCUT2D eigenvalue weighted by molar-refractivity contribution is 0.130. The molecule has 0 saturated heterocycles. The van der Waals surface area contributed by atoms with Gasteiger partial charge in [0, 0.05) is 19.3 Å². The topological polar surface area (TPSA) is 27.1 Å². The summed E-state index contributed by atoms with van der Waals surface area (Å²) in [6.45, 7) is 8.60. The van der Waals surface area contributed by atoms with Crippen molar-refractivity contribution < 1.29 is 4.74 Å². The van der Waals surface area contributed by atoms with Crippen LogP contribution in [0.15, 0.2) is 10.7 Å². The monoisotopic (exact) mass is 260 g/mol. The van der Waals surface area contributed by atoms with Gasteiger partial charge in [-0.2, -0.15) is 5.10 Å². The van der Waals surface area contributed by atoms with E-state index in [4.69, 9.17) is 4.74 Å². The molecular formula is C10H17BrN2O. The fraction of sp³-hybridized carbons (Fsp3) is 0.700. The van der Waals surface area contributed by atoms with Crippen molar-refractivity contribution in [1.82, 2.24) is 9.78 Å². The van der Waals surface area contributed by atoms with Gasteiger partial charge in [-0.25, -0.2) is 0 Å². The zero-order chi connectivity index (χ0) is 10.6. The summed E-state index contributed by atoms with van der Waals surface area (Å²) in [5.41, 5.74) is 0.979. The first-order valence-electron chi connectivity index (χ1n) is 4.93. The van der Waals surface area contributed by atoms with Crippen LogP contribution in [0.25, 0.3) is 0 Å². The van der Waals surface area contributed by atoms with Crippen LogP contribution < -0.4 is 0 Å². The summed E-state index contributed by atoms with van der Waals surface area (Å²) in [6.07, 6.45) is 2.01. The lowest BCUT2D eigenvalue weighted by Gasteiger charge is -2.03. The van der Waals surface area contributed by atoms with E-state index in [2.05, 4.69) is 34.9 Å². The zero-order valence-corrected chi connectivity index (χ0v) is 10.5. The Kier molecular flexibility index (Phi) is 4.62. The van der Waals surface area contributed by atoms with Gasteiger partial charge in [0.1, 0.15) is 5.69 Å². The summed E-state index contributed by atoms with van der Waals surface area (Å²) < 4.78 is 8.31. The van der Waals surface area contributed by atoms with Crippen molar-refractivity contribution in [2.75, 3.05) is 6.61 Å². The van der Waals surface area contributed by atoms with Gasteiger partial charge >= 0.3 is 0 Å². The molecule has 4 heteroatoms. The van der Waals surface area contributed by atoms with Gasteiger partial charge in [0.2, 0.25) is 0 Å². The summed E-state index contributed by atoms with van der Waals surface area (Å²) in [5, 5.41) is 4.43. The van der Waals surface area contributed by atoms with Crippen LogP contribution in [0.3, 0.4) is 0 Å². The number of hydrogen-bond donors (Lipinski definition) is 0. The number of ether oxygens (including phenoxy) is 1. The Morgan fingerprint density at radius 2 is 2.29 bits per heavy atom. The first-order chi connectivity index (χ1) is 6.63. The molecule has 1 aromatic rings. The van der Waals surface area contributed by atoms with E-state index in [1.165, 1.54) is 0 Å². The lowest BCUT2D eigenvalue weighted by Crippen LogP contribution is -2.05. The smallest absolute Gasteiger partial charge is 0.102 e. The molecule has 0 bridgehead atoms. The van der Waals surface area contributed by atoms with Crippen LogP contribution in [-0.4, -0.2) is 16.4 Å². The second kappa shape index (κ2) is 5.51. The molecule has 0 atom stereocenters. The minimum Gasteiger partial charge on any atom is -0.375 e. The van der Waals surface area contributed by atoms with Crippen LogP contribution in [0.1, 0.15) is 26.5 Å². The van der Waals surface area contributed by atoms with Crippen molar-refractivity contribution in [2.45, 2.75) is 33.9 Å². The van der Waals surface area contributed by atoms with E-state index < -0.39 is 0 Å². The Balaban J connectivity index is 2.62. The Morgan fingerprint density at radius 1 is 1.57 bits per heavy atom. The third-order valence-corrected chi connectivity index (χ3v) is 2.44. The molecule has 1 aromatic heterocycles. The molecule has 0 aliphatic rings. The van der Waals surface area contributed by atoms with E-state index in [0.29, 0.717) is 12.5 Å². The molecule has 0 aliphatic carbocycles. The predicted octanol–water partition coefficient (Wildman–Crippen LogP) is 2.84. The summed E-state index contributed by atoms with van der Waals surface area (Å²) >= 11 is 3.47. The van der Waals surface area contributed by atoms with E-state index in [0.717, 1.165) is 23.3 Å². The first-order valence-corrected chi connectivity index (χ1v) is 5.72. The maximum Gasteiger partial charge on any atom is 0.102 e. The van der Waals surface area contributed by atoms with Gasteiger partial charge in [-0.05, 0) is 28.8 Å². The molecule has 3 nitrogen and oxygen atoms in total. The SMILES string of the molecule is CCOCc1nn(CC(C)C)cc1Br. The van der Waals surface area contributed by atoms with Crippen LogP contribution in [-0.2, 0) is 17.9 Å². The molecule has 0 saturated carbocycles. The van der Waals surface area contributed by atoms with E-state index >= 15 is 0 Å². The third kappa shape index (κ3) is 3.42. The van der Waals surface area contributed by atoms with Crippen molar-refractivity contribution in [2.24, 2.45) is 5.92 Å². The molecule has 0 radical (unpaired) electrons. The molecule has 1 heterocycles. The van der Waals surface area contributed by atoms with Crippen molar-refractivity contribution in [3.8, 4) is 0 Å². The number of halogens is 1. The van der Waals surface area contributed by atoms with Crippen molar-refractivity contribution in [3.63, 3.8) is 0 Å². The standard InChI is InChI=1S/C10H17BrN2O/c1-4-14-7-10-9(11)6-13(12-10)5-8(2)3/h6,8H,4-5,7H2,1-3H3. The lowest BCUT2D eigenvalue weighted by atomic mass is 10.2. The van der Waals surface area contributed by atoms with Gasteiger partial charge in [0.05, 0.1) is 11.1 Å². The van der Waals surface area contributed by atoms with E-state index in [9.17, 15) is 0 Å². The average molecular weight is 261 g/mol. The summed E-state index contributed by atoms with van der Waals surface area (Å²) in [6, 6.07) is 0. The Hall–Kier alpha value is -0.350. The molecule has 14 heavy (non-hydrogen) atoms. The molecule has 0 N–H and O–H groups in total. The quantitative estimate of drug-likeness (QED) is 0.814. The van der Waals surface area contributed by atoms with Gasteiger partial charge in [-0.15, -0.1) is 0 Å². The number of aromatic nitrogens is 2. The molecule has 0 spiro atoms. The van der Waals surface area contributed by atoms with Crippen LogP contribution >= 0.6 is 15.9 Å². The molecule has 0 amide bonds. The molecule has 0 fully saturated rings. The van der Waals surface area contributed by atoms with Crippen LogP contribution in [0.2, 0.25) is 0 Å². The highest BCUT2D eigenvalue weighted by molar-refractivity contribution is 9.10. The highest BCUT2D eigenvalue weighted by Gasteiger charge is 2.06. The molecule has 0 unspecified atom stereocenters. The van der Waals surface area contributed by atoms with Gasteiger partial charge in [-0.1, -0.05) is 13.8 Å². The van der Waals surface area contributed by atoms with Gasteiger partial charge in [-0.3, -0.25) is 4.68 Å². The third-order valence-electron chi connectivity index (χ3n) is 1.78. The largest absolute Gasteiger partial charge is 0.375 e. The van der Waals surface area contributed by atoms with Crippen molar-refractivity contribution in [1.29, 1.82) is 0 Å². The van der Waals surface area contributed by atoms with Crippen LogP contribution in [0.4, 0.5) is 0 Å². The second-order valence-electron chi connectivity index (χ2n) is 3.68. The number of nitrogens with zero attached hydrogens (tertiary/aromatic N) is 2. The Labute approximate surface area is 93.6 Å². The summed E-state index contributed by atoms with van der Waals surface area (Å²) in [7, 11) is 0. The highest BCUT2D eigenvalue weighted by Crippen LogP contribution is 2.16. The van der Waals surface area contributed by atoms with E-state index in [1.54, 1.807) is 0 Å². The number of hydrogen-bond acceptors (Lipinski definition) is 2. The fourth-order valence-electron chi connectivity index (χ4n) is 1.20. The highest BCUT2D eigenvalue weighted by atomic mass is 79.9. The molecule has 0 aromatic carbocycles. The van der Waals surface area contributed by atoms with Crippen molar-refractivity contribution in [3.05, 3.63) is 16.4 Å². The first kappa shape index (κ1) is 11.7. The fourth-order valence-corrected chi connectivity index (χ4v) is 1.63. The van der Waals surface area contributed by atoms with Crippen LogP contribution in [0.5, 0.6) is 0 Å². The van der Waals surface area contributed by atoms with Gasteiger partial charge < -0.3 is 4.74 Å². The minimum absolute atomic E-state index is 0.585. The normalized spacial score (nSPS) is 11.2. The molecule has 0 aliphatic heterocycles. The van der Waals surface area contributed by atoms with Crippen LogP contribution in [0, 0.1) is 5.92 Å². The summed E-state index contributed by atoms with van der Waals surface area (Å²) in [4.78, 5) is 0. The van der Waals surface area contributed by atoms with Gasteiger partial charge in [0.15, 0.2) is 0 Å². The molecular weight excluding hydrogens is 244 g/mol. The summed E-state index contributed by atoms with van der Waals surface area (Å²) in [5.74, 6) is 0.613. The maximum atomic E-state index is 5.31. The second-order valence-corrected chi connectivity index (χ2v) is 4.53. The minimum atomic E-state index is 0.585. The Bertz CT molecular complexity index is 284. The van der Waals surface area contributed by atoms with E-state index in [1.807, 2.05) is 17.8 Å². The Morgan fingerprint density at radius 3 is 2.86 bits per heavy atom. The van der Waals surface area contributed by atoms with Crippen molar-refractivity contribution >= 4 is 15.9 Å². The molecule has 80 valence electrons. The average Bonchev–Trinajstić information content (AvgIpc) is 2.41. The zero-order valence-electron chi connectivity index (χ0n) is 8.96. The molecule has 1 rings (SSSR count). The predicted molar refractivity (Wildman–Crippen MR) is 60.1 cm³/mol. The maximum absolute atomic E-state index is 5.31. The van der Waals surface area contributed by atoms with Gasteiger partial charge in [0.25, 0.3) is 0 Å².